The Bertz CT molecular complexity index is 629. The maximum Gasteiger partial charge on any atom is 0.319 e. The molecule has 0 saturated carbocycles. The van der Waals surface area contributed by atoms with E-state index in [1.807, 2.05) is 36.4 Å². The van der Waals surface area contributed by atoms with Crippen molar-refractivity contribution in [3.8, 4) is 5.75 Å². The van der Waals surface area contributed by atoms with Crippen molar-refractivity contribution in [3.05, 3.63) is 58.6 Å². The van der Waals surface area contributed by atoms with E-state index in [0.29, 0.717) is 12.1 Å². The van der Waals surface area contributed by atoms with Crippen molar-refractivity contribution < 1.29 is 14.6 Å². The van der Waals surface area contributed by atoms with Gasteiger partial charge < -0.3 is 20.5 Å². The van der Waals surface area contributed by atoms with Crippen molar-refractivity contribution in [2.45, 2.75) is 12.5 Å². The monoisotopic (exact) mass is 378 g/mol. The molecule has 2 aromatic rings. The summed E-state index contributed by atoms with van der Waals surface area (Å²) in [6.07, 6.45) is 0.536. The number of carbonyl (C=O) groups excluding carboxylic acids is 1. The van der Waals surface area contributed by atoms with E-state index in [1.54, 1.807) is 19.2 Å². The Morgan fingerprint density at radius 2 is 1.83 bits per heavy atom. The van der Waals surface area contributed by atoms with E-state index < -0.39 is 0 Å². The predicted molar refractivity (Wildman–Crippen MR) is 93.9 cm³/mol. The standard InChI is InChI=1S/C17H19BrN2O3/c1-23-16-8-2-12(3-9-16)10-15(11-21)20-17(22)19-14-6-4-13(18)5-7-14/h2-9,15,21H,10-11H2,1H3,(H2,19,20,22). The molecule has 2 aromatic carbocycles. The Kier molecular flexibility index (Phi) is 6.43. The molecule has 0 aromatic heterocycles. The molecule has 23 heavy (non-hydrogen) atoms. The number of anilines is 1. The number of methoxy groups -OCH3 is 1. The molecule has 0 heterocycles. The third-order valence-corrected chi connectivity index (χ3v) is 3.83. The van der Waals surface area contributed by atoms with Crippen LogP contribution in [0.3, 0.4) is 0 Å². The lowest BCUT2D eigenvalue weighted by Crippen LogP contribution is -2.41. The number of nitrogens with one attached hydrogen (secondary N) is 2. The Balaban J connectivity index is 1.89. The van der Waals surface area contributed by atoms with Gasteiger partial charge in [0.25, 0.3) is 0 Å². The zero-order valence-corrected chi connectivity index (χ0v) is 14.3. The summed E-state index contributed by atoms with van der Waals surface area (Å²) in [5.41, 5.74) is 1.70. The first kappa shape index (κ1) is 17.3. The molecule has 5 nitrogen and oxygen atoms in total. The average Bonchev–Trinajstić information content (AvgIpc) is 2.57. The molecule has 0 fully saturated rings. The summed E-state index contributed by atoms with van der Waals surface area (Å²) in [7, 11) is 1.61. The predicted octanol–water partition coefficient (Wildman–Crippen LogP) is 3.18. The van der Waals surface area contributed by atoms with E-state index in [4.69, 9.17) is 4.74 Å². The van der Waals surface area contributed by atoms with Crippen molar-refractivity contribution >= 4 is 27.6 Å². The van der Waals surface area contributed by atoms with Crippen molar-refractivity contribution in [2.75, 3.05) is 19.0 Å². The number of aliphatic hydroxyl groups is 1. The highest BCUT2D eigenvalue weighted by Gasteiger charge is 2.12. The van der Waals surface area contributed by atoms with Gasteiger partial charge >= 0.3 is 6.03 Å². The van der Waals surface area contributed by atoms with Crippen LogP contribution >= 0.6 is 15.9 Å². The van der Waals surface area contributed by atoms with Crippen LogP contribution in [0.25, 0.3) is 0 Å². The summed E-state index contributed by atoms with van der Waals surface area (Å²) in [4.78, 5) is 12.0. The summed E-state index contributed by atoms with van der Waals surface area (Å²) >= 11 is 3.34. The summed E-state index contributed by atoms with van der Waals surface area (Å²) in [6, 6.07) is 14.1. The van der Waals surface area contributed by atoms with Gasteiger partial charge in [-0.3, -0.25) is 0 Å². The van der Waals surface area contributed by atoms with Gasteiger partial charge in [0.15, 0.2) is 0 Å². The molecule has 0 aliphatic carbocycles. The minimum absolute atomic E-state index is 0.139. The maximum atomic E-state index is 12.0. The van der Waals surface area contributed by atoms with Gasteiger partial charge in [-0.25, -0.2) is 4.79 Å². The van der Waals surface area contributed by atoms with Crippen LogP contribution in [0.1, 0.15) is 5.56 Å². The van der Waals surface area contributed by atoms with E-state index in [2.05, 4.69) is 26.6 Å². The van der Waals surface area contributed by atoms with Gasteiger partial charge in [0.05, 0.1) is 19.8 Å². The lowest BCUT2D eigenvalue weighted by Gasteiger charge is -2.17. The molecule has 0 aliphatic heterocycles. The fraction of sp³-hybridized carbons (Fsp3) is 0.235. The van der Waals surface area contributed by atoms with E-state index >= 15 is 0 Å². The quantitative estimate of drug-likeness (QED) is 0.722. The molecule has 0 saturated heterocycles. The number of ether oxygens (including phenoxy) is 1. The molecule has 0 spiro atoms. The number of halogens is 1. The van der Waals surface area contributed by atoms with Crippen LogP contribution in [0, 0.1) is 0 Å². The molecule has 122 valence electrons. The van der Waals surface area contributed by atoms with Crippen molar-refractivity contribution in [1.82, 2.24) is 5.32 Å². The molecule has 0 bridgehead atoms. The highest BCUT2D eigenvalue weighted by atomic mass is 79.9. The first-order chi connectivity index (χ1) is 11.1. The number of benzene rings is 2. The summed E-state index contributed by atoms with van der Waals surface area (Å²) in [6.45, 7) is -0.139. The average molecular weight is 379 g/mol. The number of aliphatic hydroxyl groups excluding tert-OH is 1. The zero-order chi connectivity index (χ0) is 16.7. The number of urea groups is 1. The lowest BCUT2D eigenvalue weighted by atomic mass is 10.1. The van der Waals surface area contributed by atoms with Crippen LogP contribution in [0.4, 0.5) is 10.5 Å². The van der Waals surface area contributed by atoms with Crippen LogP contribution in [0.5, 0.6) is 5.75 Å². The fourth-order valence-corrected chi connectivity index (χ4v) is 2.36. The SMILES string of the molecule is COc1ccc(CC(CO)NC(=O)Nc2ccc(Br)cc2)cc1. The highest BCUT2D eigenvalue weighted by molar-refractivity contribution is 9.10. The molecular weight excluding hydrogens is 360 g/mol. The third kappa shape index (κ3) is 5.58. The van der Waals surface area contributed by atoms with Gasteiger partial charge in [-0.15, -0.1) is 0 Å². The molecular formula is C17H19BrN2O3. The summed E-state index contributed by atoms with van der Waals surface area (Å²) in [5, 5.41) is 15.0. The minimum atomic E-state index is -0.362. The molecule has 2 rings (SSSR count). The van der Waals surface area contributed by atoms with Gasteiger partial charge in [-0.05, 0) is 48.4 Å². The normalized spacial score (nSPS) is 11.6. The van der Waals surface area contributed by atoms with E-state index in [1.165, 1.54) is 0 Å². The molecule has 0 radical (unpaired) electrons. The Hall–Kier alpha value is -2.05. The van der Waals surface area contributed by atoms with E-state index in [0.717, 1.165) is 15.8 Å². The Labute approximate surface area is 143 Å². The second-order valence-corrected chi connectivity index (χ2v) is 5.95. The van der Waals surface area contributed by atoms with Gasteiger partial charge in [0.2, 0.25) is 0 Å². The number of carbonyl (C=O) groups is 1. The maximum absolute atomic E-state index is 12.0. The van der Waals surface area contributed by atoms with Gasteiger partial charge in [-0.1, -0.05) is 28.1 Å². The smallest absolute Gasteiger partial charge is 0.319 e. The summed E-state index contributed by atoms with van der Waals surface area (Å²) in [5.74, 6) is 0.773. The van der Waals surface area contributed by atoms with Gasteiger partial charge in [0.1, 0.15) is 5.75 Å². The van der Waals surface area contributed by atoms with Crippen LogP contribution in [0.15, 0.2) is 53.0 Å². The van der Waals surface area contributed by atoms with Crippen LogP contribution in [-0.4, -0.2) is 30.9 Å². The second kappa shape index (κ2) is 8.55. The number of hydrogen-bond donors (Lipinski definition) is 3. The first-order valence-electron chi connectivity index (χ1n) is 7.17. The number of rotatable bonds is 6. The molecule has 0 aliphatic rings. The second-order valence-electron chi connectivity index (χ2n) is 5.04. The van der Waals surface area contributed by atoms with Crippen molar-refractivity contribution in [2.24, 2.45) is 0 Å². The number of amides is 2. The van der Waals surface area contributed by atoms with E-state index in [9.17, 15) is 9.90 Å². The summed E-state index contributed by atoms with van der Waals surface area (Å²) < 4.78 is 6.05. The highest BCUT2D eigenvalue weighted by Crippen LogP contribution is 2.15. The zero-order valence-electron chi connectivity index (χ0n) is 12.8. The van der Waals surface area contributed by atoms with E-state index in [-0.39, 0.29) is 18.7 Å². The van der Waals surface area contributed by atoms with Crippen molar-refractivity contribution in [1.29, 1.82) is 0 Å². The Morgan fingerprint density at radius 1 is 1.17 bits per heavy atom. The van der Waals surface area contributed by atoms with Crippen LogP contribution in [-0.2, 0) is 6.42 Å². The molecule has 3 N–H and O–H groups in total. The van der Waals surface area contributed by atoms with Gasteiger partial charge in [-0.2, -0.15) is 0 Å². The molecule has 1 atom stereocenters. The lowest BCUT2D eigenvalue weighted by molar-refractivity contribution is 0.224. The fourth-order valence-electron chi connectivity index (χ4n) is 2.09. The minimum Gasteiger partial charge on any atom is -0.497 e. The van der Waals surface area contributed by atoms with Crippen molar-refractivity contribution in [3.63, 3.8) is 0 Å². The molecule has 6 heteroatoms. The largest absolute Gasteiger partial charge is 0.497 e. The molecule has 1 unspecified atom stereocenters. The number of hydrogen-bond acceptors (Lipinski definition) is 3. The van der Waals surface area contributed by atoms with Crippen LogP contribution in [0.2, 0.25) is 0 Å². The van der Waals surface area contributed by atoms with Crippen LogP contribution < -0.4 is 15.4 Å². The molecule has 2 amide bonds. The topological polar surface area (TPSA) is 70.6 Å². The van der Waals surface area contributed by atoms with Gasteiger partial charge in [0, 0.05) is 10.2 Å². The third-order valence-electron chi connectivity index (χ3n) is 3.30. The first-order valence-corrected chi connectivity index (χ1v) is 7.97. The Morgan fingerprint density at radius 3 is 2.39 bits per heavy atom.